The quantitative estimate of drug-likeness (QED) is 0.661. The van der Waals surface area contributed by atoms with E-state index >= 15 is 0 Å². The molecule has 3 rings (SSSR count). The molecule has 3 N–H and O–H groups in total. The SMILES string of the molecule is NC1CCn2c1cc1ccc(O)cc12. The first-order valence-corrected chi connectivity index (χ1v) is 4.83. The Kier molecular flexibility index (Phi) is 1.42. The van der Waals surface area contributed by atoms with Crippen LogP contribution in [0.25, 0.3) is 10.9 Å². The highest BCUT2D eigenvalue weighted by molar-refractivity contribution is 5.83. The third-order valence-electron chi connectivity index (χ3n) is 2.96. The Hall–Kier alpha value is -1.48. The van der Waals surface area contributed by atoms with E-state index in [1.807, 2.05) is 6.07 Å². The Morgan fingerprint density at radius 1 is 1.36 bits per heavy atom. The molecule has 2 heterocycles. The molecule has 14 heavy (non-hydrogen) atoms. The number of fused-ring (bicyclic) bond motifs is 3. The highest BCUT2D eigenvalue weighted by Crippen LogP contribution is 2.32. The van der Waals surface area contributed by atoms with Gasteiger partial charge in [0.2, 0.25) is 0 Å². The molecule has 1 atom stereocenters. The molecule has 3 nitrogen and oxygen atoms in total. The third-order valence-corrected chi connectivity index (χ3v) is 2.96. The van der Waals surface area contributed by atoms with Crippen LogP contribution >= 0.6 is 0 Å². The Labute approximate surface area is 81.8 Å². The predicted molar refractivity (Wildman–Crippen MR) is 55.1 cm³/mol. The number of hydrogen-bond donors (Lipinski definition) is 2. The number of phenolic OH excluding ortho intramolecular Hbond substituents is 1. The van der Waals surface area contributed by atoms with E-state index < -0.39 is 0 Å². The molecule has 72 valence electrons. The summed E-state index contributed by atoms with van der Waals surface area (Å²) in [6.45, 7) is 0.962. The molecule has 1 unspecified atom stereocenters. The van der Waals surface area contributed by atoms with E-state index in [1.54, 1.807) is 12.1 Å². The molecule has 1 aliphatic heterocycles. The number of nitrogens with zero attached hydrogens (tertiary/aromatic N) is 1. The Morgan fingerprint density at radius 3 is 3.07 bits per heavy atom. The fourth-order valence-electron chi connectivity index (χ4n) is 2.24. The van der Waals surface area contributed by atoms with Crippen LogP contribution in [0, 0.1) is 0 Å². The van der Waals surface area contributed by atoms with Gasteiger partial charge in [0.15, 0.2) is 0 Å². The average molecular weight is 188 g/mol. The van der Waals surface area contributed by atoms with Crippen molar-refractivity contribution >= 4 is 10.9 Å². The summed E-state index contributed by atoms with van der Waals surface area (Å²) in [7, 11) is 0. The fraction of sp³-hybridized carbons (Fsp3) is 0.273. The summed E-state index contributed by atoms with van der Waals surface area (Å²) in [6, 6.07) is 7.72. The molecule has 3 heteroatoms. The van der Waals surface area contributed by atoms with Crippen molar-refractivity contribution in [3.8, 4) is 5.75 Å². The summed E-state index contributed by atoms with van der Waals surface area (Å²) in [5.74, 6) is 0.318. The van der Waals surface area contributed by atoms with Gasteiger partial charge in [0.1, 0.15) is 5.75 Å². The molecule has 0 bridgehead atoms. The van der Waals surface area contributed by atoms with Crippen LogP contribution in [0.4, 0.5) is 0 Å². The molecular weight excluding hydrogens is 176 g/mol. The van der Waals surface area contributed by atoms with Crippen LogP contribution in [0.15, 0.2) is 24.3 Å². The zero-order valence-corrected chi connectivity index (χ0v) is 7.77. The lowest BCUT2D eigenvalue weighted by Gasteiger charge is -2.00. The molecule has 1 aromatic heterocycles. The lowest BCUT2D eigenvalue weighted by molar-refractivity contribution is 0.476. The van der Waals surface area contributed by atoms with Crippen molar-refractivity contribution in [2.75, 3.05) is 0 Å². The minimum absolute atomic E-state index is 0.157. The topological polar surface area (TPSA) is 51.2 Å². The number of phenols is 1. The van der Waals surface area contributed by atoms with E-state index in [9.17, 15) is 5.11 Å². The standard InChI is InChI=1S/C11H12N2O/c12-9-3-4-13-10-6-8(14)2-1-7(10)5-11(9)13/h1-2,5-6,9,14H,3-4,12H2. The Bertz CT molecular complexity index is 501. The van der Waals surface area contributed by atoms with Gasteiger partial charge in [0.05, 0.1) is 5.52 Å². The minimum atomic E-state index is 0.157. The lowest BCUT2D eigenvalue weighted by atomic mass is 10.2. The molecule has 0 fully saturated rings. The Balaban J connectivity index is 2.36. The maximum atomic E-state index is 9.40. The number of aromatic nitrogens is 1. The van der Waals surface area contributed by atoms with Gasteiger partial charge in [-0.2, -0.15) is 0 Å². The van der Waals surface area contributed by atoms with Gasteiger partial charge in [0.25, 0.3) is 0 Å². The molecule has 1 aromatic carbocycles. The van der Waals surface area contributed by atoms with Crippen LogP contribution in [-0.2, 0) is 6.54 Å². The second-order valence-electron chi connectivity index (χ2n) is 3.86. The molecule has 0 saturated heterocycles. The van der Waals surface area contributed by atoms with Crippen LogP contribution in [0.1, 0.15) is 18.2 Å². The van der Waals surface area contributed by atoms with E-state index in [0.717, 1.165) is 23.9 Å². The van der Waals surface area contributed by atoms with Crippen molar-refractivity contribution in [1.82, 2.24) is 4.57 Å². The van der Waals surface area contributed by atoms with E-state index in [2.05, 4.69) is 10.6 Å². The highest BCUT2D eigenvalue weighted by atomic mass is 16.3. The monoisotopic (exact) mass is 188 g/mol. The molecule has 0 saturated carbocycles. The van der Waals surface area contributed by atoms with Crippen molar-refractivity contribution < 1.29 is 5.11 Å². The number of nitrogens with two attached hydrogens (primary N) is 1. The van der Waals surface area contributed by atoms with Gasteiger partial charge in [-0.15, -0.1) is 0 Å². The van der Waals surface area contributed by atoms with Crippen LogP contribution in [0.2, 0.25) is 0 Å². The third kappa shape index (κ3) is 0.902. The van der Waals surface area contributed by atoms with Crippen LogP contribution < -0.4 is 5.73 Å². The van der Waals surface area contributed by atoms with E-state index in [1.165, 1.54) is 5.69 Å². The Morgan fingerprint density at radius 2 is 2.21 bits per heavy atom. The first kappa shape index (κ1) is 7.88. The smallest absolute Gasteiger partial charge is 0.117 e. The van der Waals surface area contributed by atoms with Gasteiger partial charge in [-0.05, 0) is 24.6 Å². The first-order chi connectivity index (χ1) is 6.75. The van der Waals surface area contributed by atoms with Crippen LogP contribution in [0.5, 0.6) is 5.75 Å². The van der Waals surface area contributed by atoms with Crippen molar-refractivity contribution in [1.29, 1.82) is 0 Å². The number of benzene rings is 1. The zero-order valence-electron chi connectivity index (χ0n) is 7.77. The first-order valence-electron chi connectivity index (χ1n) is 4.83. The summed E-state index contributed by atoms with van der Waals surface area (Å²) in [5.41, 5.74) is 8.24. The van der Waals surface area contributed by atoms with Crippen LogP contribution in [0.3, 0.4) is 0 Å². The van der Waals surface area contributed by atoms with Gasteiger partial charge in [-0.25, -0.2) is 0 Å². The number of hydrogen-bond acceptors (Lipinski definition) is 2. The second-order valence-corrected chi connectivity index (χ2v) is 3.86. The maximum absolute atomic E-state index is 9.40. The van der Waals surface area contributed by atoms with Crippen molar-refractivity contribution in [3.05, 3.63) is 30.0 Å². The summed E-state index contributed by atoms with van der Waals surface area (Å²) in [5, 5.41) is 10.6. The van der Waals surface area contributed by atoms with E-state index in [0.29, 0.717) is 5.75 Å². The fourth-order valence-corrected chi connectivity index (χ4v) is 2.24. The lowest BCUT2D eigenvalue weighted by Crippen LogP contribution is -2.04. The van der Waals surface area contributed by atoms with Crippen LogP contribution in [-0.4, -0.2) is 9.67 Å². The normalized spacial score (nSPS) is 20.2. The van der Waals surface area contributed by atoms with E-state index in [-0.39, 0.29) is 6.04 Å². The van der Waals surface area contributed by atoms with Gasteiger partial charge in [-0.3, -0.25) is 0 Å². The zero-order chi connectivity index (χ0) is 9.71. The van der Waals surface area contributed by atoms with Gasteiger partial charge in [-0.1, -0.05) is 0 Å². The molecule has 0 radical (unpaired) electrons. The van der Waals surface area contributed by atoms with Gasteiger partial charge in [0, 0.05) is 29.7 Å². The molecule has 1 aliphatic rings. The van der Waals surface area contributed by atoms with Crippen molar-refractivity contribution in [3.63, 3.8) is 0 Å². The maximum Gasteiger partial charge on any atom is 0.117 e. The summed E-state index contributed by atoms with van der Waals surface area (Å²) < 4.78 is 2.19. The molecule has 0 amide bonds. The summed E-state index contributed by atoms with van der Waals surface area (Å²) in [4.78, 5) is 0. The summed E-state index contributed by atoms with van der Waals surface area (Å²) in [6.07, 6.45) is 1.00. The molecule has 2 aromatic rings. The van der Waals surface area contributed by atoms with Gasteiger partial charge < -0.3 is 15.4 Å². The van der Waals surface area contributed by atoms with E-state index in [4.69, 9.17) is 5.73 Å². The largest absolute Gasteiger partial charge is 0.508 e. The highest BCUT2D eigenvalue weighted by Gasteiger charge is 2.21. The predicted octanol–water partition coefficient (Wildman–Crippen LogP) is 1.75. The van der Waals surface area contributed by atoms with Crippen molar-refractivity contribution in [2.45, 2.75) is 19.0 Å². The van der Waals surface area contributed by atoms with Crippen molar-refractivity contribution in [2.24, 2.45) is 5.73 Å². The average Bonchev–Trinajstić information content (AvgIpc) is 2.67. The van der Waals surface area contributed by atoms with Gasteiger partial charge >= 0.3 is 0 Å². The number of aryl methyl sites for hydroxylation is 1. The minimum Gasteiger partial charge on any atom is -0.508 e. The number of rotatable bonds is 0. The second kappa shape index (κ2) is 2.51. The summed E-state index contributed by atoms with van der Waals surface area (Å²) >= 11 is 0. The molecule has 0 spiro atoms. The molecular formula is C11H12N2O. The number of aromatic hydroxyl groups is 1. The molecule has 0 aliphatic carbocycles.